The molecule has 5 rings (SSSR count). The Morgan fingerprint density at radius 2 is 2.00 bits per heavy atom. The lowest BCUT2D eigenvalue weighted by Gasteiger charge is -2.32. The molecule has 1 aliphatic rings. The number of benzene rings is 2. The van der Waals surface area contributed by atoms with Gasteiger partial charge in [0.2, 0.25) is 10.0 Å². The van der Waals surface area contributed by atoms with Crippen molar-refractivity contribution in [3.05, 3.63) is 77.7 Å². The van der Waals surface area contributed by atoms with Crippen LogP contribution in [0.1, 0.15) is 10.5 Å². The number of amides is 1. The monoisotopic (exact) mass is 526 g/mol. The van der Waals surface area contributed by atoms with Gasteiger partial charge >= 0.3 is 0 Å². The van der Waals surface area contributed by atoms with E-state index < -0.39 is 22.0 Å². The molecule has 3 N–H and O–H groups in total. The fraction of sp³-hybridized carbons (Fsp3) is 0.200. The second kappa shape index (κ2) is 9.90. The maximum absolute atomic E-state index is 13.6. The van der Waals surface area contributed by atoms with Crippen LogP contribution in [0.5, 0.6) is 5.75 Å². The third kappa shape index (κ3) is 4.80. The van der Waals surface area contributed by atoms with E-state index in [-0.39, 0.29) is 36.9 Å². The van der Waals surface area contributed by atoms with Gasteiger partial charge in [0, 0.05) is 41.4 Å². The van der Waals surface area contributed by atoms with Crippen molar-refractivity contribution < 1.29 is 22.7 Å². The number of nitrogens with two attached hydrogens (primary N) is 1. The minimum atomic E-state index is -4.09. The van der Waals surface area contributed by atoms with Gasteiger partial charge in [-0.25, -0.2) is 8.42 Å². The van der Waals surface area contributed by atoms with Gasteiger partial charge in [0.05, 0.1) is 6.61 Å². The van der Waals surface area contributed by atoms with Gasteiger partial charge in [0.15, 0.2) is 0 Å². The van der Waals surface area contributed by atoms with Gasteiger partial charge < -0.3 is 20.2 Å². The van der Waals surface area contributed by atoms with Crippen LogP contribution < -0.4 is 10.5 Å². The molecule has 11 heteroatoms. The maximum Gasteiger partial charge on any atom is 0.266 e. The number of hydrogen-bond donors (Lipinski definition) is 2. The van der Waals surface area contributed by atoms with Crippen molar-refractivity contribution in [2.45, 2.75) is 11.0 Å². The minimum absolute atomic E-state index is 0.0571. The number of morpholine rings is 1. The van der Waals surface area contributed by atoms with Gasteiger partial charge in [-0.1, -0.05) is 29.8 Å². The van der Waals surface area contributed by atoms with Crippen LogP contribution in [-0.4, -0.2) is 61.0 Å². The number of fused-ring (bicyclic) bond motifs is 1. The highest BCUT2D eigenvalue weighted by Gasteiger charge is 2.36. The second-order valence-corrected chi connectivity index (χ2v) is 10.6. The summed E-state index contributed by atoms with van der Waals surface area (Å²) in [6.07, 6.45) is 3.00. The number of H-pyrrole nitrogens is 1. The Bertz CT molecular complexity index is 1510. The number of rotatable bonds is 7. The molecule has 1 aliphatic heterocycles. The van der Waals surface area contributed by atoms with E-state index in [2.05, 4.69) is 9.97 Å². The van der Waals surface area contributed by atoms with Crippen molar-refractivity contribution in [1.82, 2.24) is 14.3 Å². The average Bonchev–Trinajstić information content (AvgIpc) is 3.28. The molecule has 0 spiro atoms. The van der Waals surface area contributed by atoms with E-state index in [1.54, 1.807) is 24.5 Å². The summed E-state index contributed by atoms with van der Waals surface area (Å²) < 4.78 is 40.2. The molecular formula is C25H23ClN4O5S. The molecule has 4 aromatic rings. The predicted octanol–water partition coefficient (Wildman–Crippen LogP) is 3.45. The van der Waals surface area contributed by atoms with E-state index in [1.165, 1.54) is 10.4 Å². The van der Waals surface area contributed by atoms with E-state index in [9.17, 15) is 13.2 Å². The van der Waals surface area contributed by atoms with Crippen LogP contribution in [0.4, 0.5) is 0 Å². The molecule has 36 heavy (non-hydrogen) atoms. The second-order valence-electron chi connectivity index (χ2n) is 8.32. The first-order valence-corrected chi connectivity index (χ1v) is 13.0. The molecule has 1 atom stereocenters. The molecule has 0 unspecified atom stereocenters. The minimum Gasteiger partial charge on any atom is -0.491 e. The quantitative estimate of drug-likeness (QED) is 0.379. The third-order valence-electron chi connectivity index (χ3n) is 5.94. The van der Waals surface area contributed by atoms with Crippen LogP contribution in [0.25, 0.3) is 22.0 Å². The van der Waals surface area contributed by atoms with Crippen LogP contribution in [0, 0.1) is 0 Å². The SMILES string of the molecule is NC(=O)c1[nH]c2ccc(Cl)cc2c1S(=O)(=O)N1CCO[C@H](COc2ccc(-c3cccnc3)cc2)C1. The fourth-order valence-electron chi connectivity index (χ4n) is 4.19. The van der Waals surface area contributed by atoms with Crippen molar-refractivity contribution in [2.75, 3.05) is 26.3 Å². The van der Waals surface area contributed by atoms with E-state index >= 15 is 0 Å². The Hall–Kier alpha value is -3.44. The Balaban J connectivity index is 1.32. The summed E-state index contributed by atoms with van der Waals surface area (Å²) in [6, 6.07) is 16.1. The van der Waals surface area contributed by atoms with E-state index in [0.29, 0.717) is 21.7 Å². The average molecular weight is 527 g/mol. The molecule has 0 radical (unpaired) electrons. The van der Waals surface area contributed by atoms with E-state index in [0.717, 1.165) is 11.1 Å². The fourth-order valence-corrected chi connectivity index (χ4v) is 6.15. The molecule has 9 nitrogen and oxygen atoms in total. The molecule has 2 aromatic heterocycles. The highest BCUT2D eigenvalue weighted by molar-refractivity contribution is 7.89. The van der Waals surface area contributed by atoms with Crippen LogP contribution in [0.15, 0.2) is 71.9 Å². The summed E-state index contributed by atoms with van der Waals surface area (Å²) in [5, 5.41) is 0.654. The molecule has 2 aromatic carbocycles. The van der Waals surface area contributed by atoms with Crippen molar-refractivity contribution in [3.63, 3.8) is 0 Å². The van der Waals surface area contributed by atoms with E-state index in [4.69, 9.17) is 26.8 Å². The summed E-state index contributed by atoms with van der Waals surface area (Å²) in [5.41, 5.74) is 7.77. The third-order valence-corrected chi connectivity index (χ3v) is 8.13. The Labute approximate surface area is 212 Å². The van der Waals surface area contributed by atoms with Gasteiger partial charge in [0.25, 0.3) is 5.91 Å². The molecular weight excluding hydrogens is 504 g/mol. The van der Waals surface area contributed by atoms with Gasteiger partial charge in [-0.2, -0.15) is 4.31 Å². The molecule has 0 aliphatic carbocycles. The van der Waals surface area contributed by atoms with Crippen LogP contribution in [0.3, 0.4) is 0 Å². The normalized spacial score (nSPS) is 16.8. The zero-order valence-electron chi connectivity index (χ0n) is 19.1. The summed E-state index contributed by atoms with van der Waals surface area (Å²) in [5.74, 6) is -0.239. The van der Waals surface area contributed by atoms with Crippen molar-refractivity contribution in [2.24, 2.45) is 5.73 Å². The molecule has 1 fully saturated rings. The predicted molar refractivity (Wildman–Crippen MR) is 135 cm³/mol. The Morgan fingerprint density at radius 3 is 2.72 bits per heavy atom. The Morgan fingerprint density at radius 1 is 1.19 bits per heavy atom. The lowest BCUT2D eigenvalue weighted by molar-refractivity contribution is -0.0249. The highest BCUT2D eigenvalue weighted by atomic mass is 35.5. The first-order valence-electron chi connectivity index (χ1n) is 11.2. The van der Waals surface area contributed by atoms with Crippen LogP contribution in [0.2, 0.25) is 5.02 Å². The summed E-state index contributed by atoms with van der Waals surface area (Å²) in [7, 11) is -4.09. The lowest BCUT2D eigenvalue weighted by atomic mass is 10.1. The van der Waals surface area contributed by atoms with Crippen molar-refractivity contribution >= 4 is 38.4 Å². The number of aromatic amines is 1. The summed E-state index contributed by atoms with van der Waals surface area (Å²) in [4.78, 5) is 18.8. The van der Waals surface area contributed by atoms with Crippen LogP contribution in [-0.2, 0) is 14.8 Å². The van der Waals surface area contributed by atoms with Gasteiger partial charge in [-0.05, 0) is 47.5 Å². The number of halogens is 1. The summed E-state index contributed by atoms with van der Waals surface area (Å²) in [6.45, 7) is 0.522. The largest absolute Gasteiger partial charge is 0.491 e. The summed E-state index contributed by atoms with van der Waals surface area (Å²) >= 11 is 6.10. The maximum atomic E-state index is 13.6. The van der Waals surface area contributed by atoms with Crippen LogP contribution >= 0.6 is 11.6 Å². The molecule has 1 amide bonds. The highest BCUT2D eigenvalue weighted by Crippen LogP contribution is 2.32. The smallest absolute Gasteiger partial charge is 0.266 e. The number of aromatic nitrogens is 2. The number of nitrogens with zero attached hydrogens (tertiary/aromatic N) is 2. The van der Waals surface area contributed by atoms with E-state index in [1.807, 2.05) is 36.4 Å². The van der Waals surface area contributed by atoms with Gasteiger partial charge in [-0.3, -0.25) is 9.78 Å². The van der Waals surface area contributed by atoms with Crippen molar-refractivity contribution in [1.29, 1.82) is 0 Å². The number of carbonyl (C=O) groups is 1. The number of ether oxygens (including phenoxy) is 2. The number of carbonyl (C=O) groups excluding carboxylic acids is 1. The number of nitrogens with one attached hydrogen (secondary N) is 1. The number of hydrogen-bond acceptors (Lipinski definition) is 6. The standard InChI is InChI=1S/C25H23ClN4O5S/c26-18-5-8-22-21(12-18)24(23(29-22)25(27)31)36(32,33)30-10-11-34-20(14-30)15-35-19-6-3-16(4-7-19)17-2-1-9-28-13-17/h1-9,12-13,20,29H,10-11,14-15H2,(H2,27,31)/t20-/m0/s1. The number of primary amides is 1. The molecule has 1 saturated heterocycles. The molecule has 0 saturated carbocycles. The number of sulfonamides is 1. The molecule has 186 valence electrons. The Kier molecular flexibility index (Phi) is 6.67. The lowest BCUT2D eigenvalue weighted by Crippen LogP contribution is -2.47. The first-order chi connectivity index (χ1) is 17.3. The molecule has 3 heterocycles. The van der Waals surface area contributed by atoms with Crippen molar-refractivity contribution in [3.8, 4) is 16.9 Å². The zero-order chi connectivity index (χ0) is 25.3. The topological polar surface area (TPSA) is 128 Å². The van der Waals surface area contributed by atoms with Gasteiger partial charge in [0.1, 0.15) is 29.0 Å². The first kappa shape index (κ1) is 24.3. The van der Waals surface area contributed by atoms with Gasteiger partial charge in [-0.15, -0.1) is 0 Å². The number of pyridine rings is 1. The molecule has 0 bridgehead atoms. The zero-order valence-corrected chi connectivity index (χ0v) is 20.6.